The van der Waals surface area contributed by atoms with Crippen LogP contribution in [0.1, 0.15) is 17.8 Å². The topological polar surface area (TPSA) is 57.9 Å². The summed E-state index contributed by atoms with van der Waals surface area (Å²) in [4.78, 5) is 9.21. The molecular formula is C20H18F3N3O3. The molecule has 0 fully saturated rings. The lowest BCUT2D eigenvalue weighted by Crippen LogP contribution is -2.22. The summed E-state index contributed by atoms with van der Waals surface area (Å²) in [5.74, 6) is 0.232. The maximum Gasteiger partial charge on any atom is 0.449 e. The molecule has 1 aromatic heterocycles. The number of benzene rings is 2. The number of fused-ring (bicyclic) bond motifs is 1. The highest BCUT2D eigenvalue weighted by Gasteiger charge is 2.38. The van der Waals surface area contributed by atoms with Gasteiger partial charge in [0.25, 0.3) is 0 Å². The SMILES string of the molecule is COc1ccc(C2=NO[C@H](Cn3c(C(F)(F)F)nc4ccccc43)C2)c(OC)c1. The fraction of sp³-hybridized carbons (Fsp3) is 0.300. The Bertz CT molecular complexity index is 1080. The molecule has 9 heteroatoms. The zero-order chi connectivity index (χ0) is 20.6. The van der Waals surface area contributed by atoms with Crippen LogP contribution in [0.15, 0.2) is 47.6 Å². The number of nitrogens with zero attached hydrogens (tertiary/aromatic N) is 3. The lowest BCUT2D eigenvalue weighted by atomic mass is 10.0. The zero-order valence-corrected chi connectivity index (χ0v) is 15.7. The van der Waals surface area contributed by atoms with Crippen molar-refractivity contribution >= 4 is 16.7 Å². The zero-order valence-electron chi connectivity index (χ0n) is 15.7. The van der Waals surface area contributed by atoms with Gasteiger partial charge in [-0.3, -0.25) is 0 Å². The predicted octanol–water partition coefficient (Wildman–Crippen LogP) is 4.27. The van der Waals surface area contributed by atoms with Crippen LogP contribution in [-0.4, -0.2) is 35.6 Å². The van der Waals surface area contributed by atoms with Gasteiger partial charge in [0.15, 0.2) is 6.10 Å². The van der Waals surface area contributed by atoms with Crippen molar-refractivity contribution in [3.63, 3.8) is 0 Å². The van der Waals surface area contributed by atoms with Gasteiger partial charge in [0.1, 0.15) is 11.5 Å². The summed E-state index contributed by atoms with van der Waals surface area (Å²) in [5, 5.41) is 4.08. The second kappa shape index (κ2) is 7.31. The molecule has 0 N–H and O–H groups in total. The molecule has 0 saturated heterocycles. The Kier molecular flexibility index (Phi) is 4.81. The molecular weight excluding hydrogens is 387 g/mol. The number of methoxy groups -OCH3 is 2. The van der Waals surface area contributed by atoms with Gasteiger partial charge < -0.3 is 18.9 Å². The van der Waals surface area contributed by atoms with Gasteiger partial charge in [-0.15, -0.1) is 0 Å². The van der Waals surface area contributed by atoms with Crippen LogP contribution in [0.4, 0.5) is 13.2 Å². The number of hydrogen-bond acceptors (Lipinski definition) is 5. The summed E-state index contributed by atoms with van der Waals surface area (Å²) >= 11 is 0. The fourth-order valence-corrected chi connectivity index (χ4v) is 3.40. The summed E-state index contributed by atoms with van der Waals surface area (Å²) in [6.07, 6.45) is -4.79. The molecule has 0 unspecified atom stereocenters. The van der Waals surface area contributed by atoms with Crippen molar-refractivity contribution in [1.29, 1.82) is 0 Å². The minimum Gasteiger partial charge on any atom is -0.497 e. The van der Waals surface area contributed by atoms with E-state index in [9.17, 15) is 13.2 Å². The van der Waals surface area contributed by atoms with Crippen LogP contribution in [0.2, 0.25) is 0 Å². The first kappa shape index (κ1) is 19.1. The number of para-hydroxylation sites is 2. The minimum atomic E-state index is -4.57. The van der Waals surface area contributed by atoms with Crippen LogP contribution in [0, 0.1) is 0 Å². The molecule has 0 saturated carbocycles. The van der Waals surface area contributed by atoms with Gasteiger partial charge in [-0.25, -0.2) is 4.98 Å². The molecule has 6 nitrogen and oxygen atoms in total. The molecule has 2 aromatic carbocycles. The lowest BCUT2D eigenvalue weighted by molar-refractivity contribution is -0.147. The summed E-state index contributed by atoms with van der Waals surface area (Å²) in [6.45, 7) is -0.0270. The second-order valence-electron chi connectivity index (χ2n) is 6.57. The third kappa shape index (κ3) is 3.59. The second-order valence-corrected chi connectivity index (χ2v) is 6.57. The molecule has 3 aromatic rings. The Morgan fingerprint density at radius 1 is 1.14 bits per heavy atom. The number of alkyl halides is 3. The van der Waals surface area contributed by atoms with Crippen molar-refractivity contribution in [2.75, 3.05) is 14.2 Å². The van der Waals surface area contributed by atoms with Gasteiger partial charge in [0.05, 0.1) is 37.5 Å². The quantitative estimate of drug-likeness (QED) is 0.636. The molecule has 1 aliphatic rings. The summed E-state index contributed by atoms with van der Waals surface area (Å²) in [7, 11) is 3.08. The third-order valence-corrected chi connectivity index (χ3v) is 4.75. The Labute approximate surface area is 164 Å². The highest BCUT2D eigenvalue weighted by Crippen LogP contribution is 2.33. The summed E-state index contributed by atoms with van der Waals surface area (Å²) in [5.41, 5.74) is 2.00. The largest absolute Gasteiger partial charge is 0.497 e. The van der Waals surface area contributed by atoms with E-state index in [1.54, 1.807) is 49.6 Å². The van der Waals surface area contributed by atoms with Crippen molar-refractivity contribution in [3.05, 3.63) is 53.9 Å². The Hall–Kier alpha value is -3.23. The average Bonchev–Trinajstić information content (AvgIpc) is 3.33. The molecule has 0 amide bonds. The van der Waals surface area contributed by atoms with E-state index in [1.165, 1.54) is 7.11 Å². The minimum absolute atomic E-state index is 0.0270. The van der Waals surface area contributed by atoms with E-state index < -0.39 is 18.1 Å². The van der Waals surface area contributed by atoms with E-state index in [1.807, 2.05) is 0 Å². The van der Waals surface area contributed by atoms with Crippen LogP contribution in [0.3, 0.4) is 0 Å². The monoisotopic (exact) mass is 405 g/mol. The summed E-state index contributed by atoms with van der Waals surface area (Å²) in [6, 6.07) is 11.8. The first-order chi connectivity index (χ1) is 13.9. The van der Waals surface area contributed by atoms with Gasteiger partial charge in [-0.2, -0.15) is 13.2 Å². The number of hydrogen-bond donors (Lipinski definition) is 0. The van der Waals surface area contributed by atoms with Crippen LogP contribution < -0.4 is 9.47 Å². The van der Waals surface area contributed by atoms with E-state index in [-0.39, 0.29) is 12.1 Å². The van der Waals surface area contributed by atoms with Crippen molar-refractivity contribution in [3.8, 4) is 11.5 Å². The number of ether oxygens (including phenoxy) is 2. The predicted molar refractivity (Wildman–Crippen MR) is 100 cm³/mol. The average molecular weight is 405 g/mol. The smallest absolute Gasteiger partial charge is 0.449 e. The van der Waals surface area contributed by atoms with Gasteiger partial charge in [-0.1, -0.05) is 17.3 Å². The highest BCUT2D eigenvalue weighted by atomic mass is 19.4. The van der Waals surface area contributed by atoms with E-state index in [0.717, 1.165) is 4.57 Å². The molecule has 1 atom stereocenters. The van der Waals surface area contributed by atoms with Gasteiger partial charge >= 0.3 is 6.18 Å². The molecule has 0 spiro atoms. The van der Waals surface area contributed by atoms with Gasteiger partial charge in [0, 0.05) is 18.1 Å². The summed E-state index contributed by atoms with van der Waals surface area (Å²) < 4.78 is 52.2. The Morgan fingerprint density at radius 3 is 2.66 bits per heavy atom. The van der Waals surface area contributed by atoms with Crippen LogP contribution >= 0.6 is 0 Å². The Morgan fingerprint density at radius 2 is 1.93 bits per heavy atom. The number of imidazole rings is 1. The van der Waals surface area contributed by atoms with E-state index in [4.69, 9.17) is 14.3 Å². The van der Waals surface area contributed by atoms with E-state index in [0.29, 0.717) is 34.7 Å². The van der Waals surface area contributed by atoms with E-state index in [2.05, 4.69) is 10.1 Å². The molecule has 152 valence electrons. The van der Waals surface area contributed by atoms with E-state index >= 15 is 0 Å². The van der Waals surface area contributed by atoms with Crippen molar-refractivity contribution in [2.24, 2.45) is 5.16 Å². The number of aromatic nitrogens is 2. The third-order valence-electron chi connectivity index (χ3n) is 4.75. The van der Waals surface area contributed by atoms with Crippen molar-refractivity contribution in [2.45, 2.75) is 25.2 Å². The van der Waals surface area contributed by atoms with Gasteiger partial charge in [0.2, 0.25) is 5.82 Å². The molecule has 4 rings (SSSR count). The van der Waals surface area contributed by atoms with Crippen molar-refractivity contribution in [1.82, 2.24) is 9.55 Å². The van der Waals surface area contributed by atoms with Crippen LogP contribution in [0.25, 0.3) is 11.0 Å². The molecule has 0 radical (unpaired) electrons. The molecule has 0 aliphatic carbocycles. The number of oxime groups is 1. The van der Waals surface area contributed by atoms with Crippen LogP contribution in [-0.2, 0) is 17.6 Å². The molecule has 1 aliphatic heterocycles. The van der Waals surface area contributed by atoms with Gasteiger partial charge in [-0.05, 0) is 24.3 Å². The van der Waals surface area contributed by atoms with Crippen LogP contribution in [0.5, 0.6) is 11.5 Å². The lowest BCUT2D eigenvalue weighted by Gasteiger charge is -2.15. The normalized spacial score (nSPS) is 16.6. The molecule has 2 heterocycles. The number of rotatable bonds is 5. The van der Waals surface area contributed by atoms with Crippen molar-refractivity contribution < 1.29 is 27.5 Å². The molecule has 0 bridgehead atoms. The fourth-order valence-electron chi connectivity index (χ4n) is 3.40. The maximum absolute atomic E-state index is 13.5. The molecule has 29 heavy (non-hydrogen) atoms. The standard InChI is InChI=1S/C20H18F3N3O3/c1-27-12-7-8-14(18(10-12)28-2)16-9-13(29-25-16)11-26-17-6-4-3-5-15(17)24-19(26)20(21,22)23/h3-8,10,13H,9,11H2,1-2H3/t13-/m0/s1. The first-order valence-corrected chi connectivity index (χ1v) is 8.88. The maximum atomic E-state index is 13.5. The highest BCUT2D eigenvalue weighted by molar-refractivity contribution is 6.03. The number of halogens is 3. The first-order valence-electron chi connectivity index (χ1n) is 8.88. The Balaban J connectivity index is 1.60.